The van der Waals surface area contributed by atoms with Crippen LogP contribution in [0.15, 0.2) is 58.4 Å². The van der Waals surface area contributed by atoms with Crippen LogP contribution in [-0.4, -0.2) is 28.5 Å². The number of benzene rings is 2. The molecule has 7 nitrogen and oxygen atoms in total. The summed E-state index contributed by atoms with van der Waals surface area (Å²) in [5, 5.41) is 11.7. The van der Waals surface area contributed by atoms with E-state index in [0.29, 0.717) is 16.9 Å². The summed E-state index contributed by atoms with van der Waals surface area (Å²) in [6.45, 7) is 0. The Kier molecular flexibility index (Phi) is 4.79. The van der Waals surface area contributed by atoms with Crippen LogP contribution in [0, 0.1) is 5.82 Å². The molecule has 25 heavy (non-hydrogen) atoms. The second kappa shape index (κ2) is 7.35. The van der Waals surface area contributed by atoms with Crippen LogP contribution in [-0.2, 0) is 0 Å². The van der Waals surface area contributed by atoms with Gasteiger partial charge >= 0.3 is 0 Å². The molecule has 0 radical (unpaired) electrons. The van der Waals surface area contributed by atoms with Gasteiger partial charge in [0, 0.05) is 5.56 Å². The van der Waals surface area contributed by atoms with E-state index in [2.05, 4.69) is 25.7 Å². The predicted molar refractivity (Wildman–Crippen MR) is 92.3 cm³/mol. The zero-order chi connectivity index (χ0) is 17.6. The number of hydrogen-bond acceptors (Lipinski definition) is 6. The SMILES string of the molecule is COc1ccc(-c2nnc(N/N=C/c3cccc(F)c3)[nH]c2=O)cc1. The molecule has 3 aromatic rings. The Bertz CT molecular complexity index is 954. The summed E-state index contributed by atoms with van der Waals surface area (Å²) in [5.41, 5.74) is 3.50. The summed E-state index contributed by atoms with van der Waals surface area (Å²) in [4.78, 5) is 14.7. The first-order chi connectivity index (χ1) is 12.2. The van der Waals surface area contributed by atoms with E-state index in [4.69, 9.17) is 4.74 Å². The highest BCUT2D eigenvalue weighted by Gasteiger charge is 2.07. The smallest absolute Gasteiger partial charge is 0.279 e. The fourth-order valence-electron chi connectivity index (χ4n) is 2.08. The van der Waals surface area contributed by atoms with Gasteiger partial charge in [-0.25, -0.2) is 9.82 Å². The van der Waals surface area contributed by atoms with Gasteiger partial charge in [-0.1, -0.05) is 12.1 Å². The molecule has 2 N–H and O–H groups in total. The van der Waals surface area contributed by atoms with Crippen molar-refractivity contribution in [2.75, 3.05) is 12.5 Å². The van der Waals surface area contributed by atoms with Gasteiger partial charge in [-0.3, -0.25) is 9.78 Å². The van der Waals surface area contributed by atoms with Crippen LogP contribution in [0.2, 0.25) is 0 Å². The lowest BCUT2D eigenvalue weighted by molar-refractivity contribution is 0.415. The maximum absolute atomic E-state index is 13.1. The fourth-order valence-corrected chi connectivity index (χ4v) is 2.08. The van der Waals surface area contributed by atoms with Crippen LogP contribution >= 0.6 is 0 Å². The van der Waals surface area contributed by atoms with Crippen LogP contribution in [0.5, 0.6) is 5.75 Å². The monoisotopic (exact) mass is 339 g/mol. The van der Waals surface area contributed by atoms with Crippen molar-refractivity contribution in [2.45, 2.75) is 0 Å². The number of rotatable bonds is 5. The van der Waals surface area contributed by atoms with Crippen molar-refractivity contribution in [3.05, 3.63) is 70.3 Å². The number of ether oxygens (including phenoxy) is 1. The highest BCUT2D eigenvalue weighted by atomic mass is 19.1. The van der Waals surface area contributed by atoms with Crippen molar-refractivity contribution in [2.24, 2.45) is 5.10 Å². The van der Waals surface area contributed by atoms with Gasteiger partial charge in [-0.05, 0) is 42.0 Å². The molecule has 0 aliphatic carbocycles. The van der Waals surface area contributed by atoms with E-state index in [0.717, 1.165) is 0 Å². The van der Waals surface area contributed by atoms with Crippen LogP contribution in [0.25, 0.3) is 11.3 Å². The number of nitrogens with zero attached hydrogens (tertiary/aromatic N) is 3. The standard InChI is InChI=1S/C17H14FN5O2/c1-25-14-7-5-12(6-8-14)15-16(24)20-17(23-21-15)22-19-10-11-3-2-4-13(18)9-11/h2-10H,1H3,(H2,20,22,23,24)/b19-10+. The average molecular weight is 339 g/mol. The number of methoxy groups -OCH3 is 1. The van der Waals surface area contributed by atoms with Gasteiger partial charge in [-0.15, -0.1) is 10.2 Å². The molecule has 2 aromatic carbocycles. The minimum absolute atomic E-state index is 0.0786. The highest BCUT2D eigenvalue weighted by molar-refractivity contribution is 5.79. The third-order valence-electron chi connectivity index (χ3n) is 3.29. The number of hydrazone groups is 1. The summed E-state index contributed by atoms with van der Waals surface area (Å²) in [5.74, 6) is 0.397. The lowest BCUT2D eigenvalue weighted by atomic mass is 10.1. The number of H-pyrrole nitrogens is 1. The first-order valence-electron chi connectivity index (χ1n) is 7.32. The Morgan fingerprint density at radius 3 is 2.68 bits per heavy atom. The van der Waals surface area contributed by atoms with Crippen molar-refractivity contribution in [1.29, 1.82) is 0 Å². The molecule has 0 bridgehead atoms. The zero-order valence-corrected chi connectivity index (χ0v) is 13.2. The largest absolute Gasteiger partial charge is 0.497 e. The number of hydrogen-bond donors (Lipinski definition) is 2. The molecule has 0 aliphatic heterocycles. The van der Waals surface area contributed by atoms with Gasteiger partial charge in [0.1, 0.15) is 11.6 Å². The minimum atomic E-state index is -0.413. The summed E-state index contributed by atoms with van der Waals surface area (Å²) in [6.07, 6.45) is 1.40. The molecule has 0 unspecified atom stereocenters. The molecule has 0 spiro atoms. The number of halogens is 1. The van der Waals surface area contributed by atoms with Crippen molar-refractivity contribution >= 4 is 12.2 Å². The van der Waals surface area contributed by atoms with E-state index in [9.17, 15) is 9.18 Å². The molecular formula is C17H14FN5O2. The molecule has 1 aromatic heterocycles. The number of nitrogens with one attached hydrogen (secondary N) is 2. The molecule has 0 atom stereocenters. The maximum atomic E-state index is 13.1. The lowest BCUT2D eigenvalue weighted by Gasteiger charge is -2.03. The molecular weight excluding hydrogens is 325 g/mol. The minimum Gasteiger partial charge on any atom is -0.497 e. The van der Waals surface area contributed by atoms with Crippen LogP contribution in [0.4, 0.5) is 10.3 Å². The van der Waals surface area contributed by atoms with E-state index < -0.39 is 5.56 Å². The van der Waals surface area contributed by atoms with Gasteiger partial charge < -0.3 is 4.74 Å². The van der Waals surface area contributed by atoms with E-state index in [1.807, 2.05) is 0 Å². The molecule has 1 heterocycles. The third kappa shape index (κ3) is 4.05. The van der Waals surface area contributed by atoms with Gasteiger partial charge in [0.15, 0.2) is 5.69 Å². The van der Waals surface area contributed by atoms with E-state index in [-0.39, 0.29) is 17.5 Å². The average Bonchev–Trinajstić information content (AvgIpc) is 2.62. The lowest BCUT2D eigenvalue weighted by Crippen LogP contribution is -2.15. The molecule has 126 valence electrons. The number of aromatic amines is 1. The zero-order valence-electron chi connectivity index (χ0n) is 13.2. The molecule has 0 saturated heterocycles. The topological polar surface area (TPSA) is 92.3 Å². The fraction of sp³-hybridized carbons (Fsp3) is 0.0588. The molecule has 0 fully saturated rings. The quantitative estimate of drug-likeness (QED) is 0.550. The Balaban J connectivity index is 1.74. The van der Waals surface area contributed by atoms with Crippen molar-refractivity contribution in [3.63, 3.8) is 0 Å². The Morgan fingerprint density at radius 2 is 2.00 bits per heavy atom. The Labute approximate surface area is 142 Å². The number of aromatic nitrogens is 3. The van der Waals surface area contributed by atoms with Crippen LogP contribution in [0.1, 0.15) is 5.56 Å². The van der Waals surface area contributed by atoms with Crippen molar-refractivity contribution in [3.8, 4) is 17.0 Å². The van der Waals surface area contributed by atoms with Gasteiger partial charge in [0.2, 0.25) is 5.95 Å². The van der Waals surface area contributed by atoms with E-state index in [1.54, 1.807) is 43.5 Å². The molecule has 0 saturated carbocycles. The van der Waals surface area contributed by atoms with Crippen LogP contribution in [0.3, 0.4) is 0 Å². The second-order valence-electron chi connectivity index (χ2n) is 5.00. The Hall–Kier alpha value is -3.55. The van der Waals surface area contributed by atoms with Crippen LogP contribution < -0.4 is 15.7 Å². The predicted octanol–water partition coefficient (Wildman–Crippen LogP) is 2.43. The molecule has 3 rings (SSSR count). The second-order valence-corrected chi connectivity index (χ2v) is 5.00. The van der Waals surface area contributed by atoms with Gasteiger partial charge in [-0.2, -0.15) is 5.10 Å². The van der Waals surface area contributed by atoms with Gasteiger partial charge in [0.05, 0.1) is 13.3 Å². The van der Waals surface area contributed by atoms with E-state index in [1.165, 1.54) is 18.3 Å². The summed E-state index contributed by atoms with van der Waals surface area (Å²) < 4.78 is 18.1. The third-order valence-corrected chi connectivity index (χ3v) is 3.29. The summed E-state index contributed by atoms with van der Waals surface area (Å²) >= 11 is 0. The summed E-state index contributed by atoms with van der Waals surface area (Å²) in [7, 11) is 1.56. The first-order valence-corrected chi connectivity index (χ1v) is 7.32. The first kappa shape index (κ1) is 16.3. The number of anilines is 1. The maximum Gasteiger partial charge on any atom is 0.279 e. The van der Waals surface area contributed by atoms with Gasteiger partial charge in [0.25, 0.3) is 5.56 Å². The summed E-state index contributed by atoms with van der Waals surface area (Å²) in [6, 6.07) is 12.8. The van der Waals surface area contributed by atoms with Crippen molar-refractivity contribution < 1.29 is 9.13 Å². The molecule has 0 amide bonds. The Morgan fingerprint density at radius 1 is 1.20 bits per heavy atom. The normalized spacial score (nSPS) is 10.8. The molecule has 8 heteroatoms. The highest BCUT2D eigenvalue weighted by Crippen LogP contribution is 2.17. The van der Waals surface area contributed by atoms with E-state index >= 15 is 0 Å². The molecule has 0 aliphatic rings. The van der Waals surface area contributed by atoms with Crippen molar-refractivity contribution in [1.82, 2.24) is 15.2 Å².